The van der Waals surface area contributed by atoms with Crippen LogP contribution in [0.25, 0.3) is 0 Å². The minimum absolute atomic E-state index is 0.168. The average molecular weight is 460 g/mol. The number of aldehydes is 1. The van der Waals surface area contributed by atoms with Gasteiger partial charge in [0.15, 0.2) is 0 Å². The molecule has 176 valence electrons. The maximum absolute atomic E-state index is 11.0. The molecule has 0 saturated heterocycles. The van der Waals surface area contributed by atoms with E-state index in [0.29, 0.717) is 16.9 Å². The molecule has 34 heavy (non-hydrogen) atoms. The van der Waals surface area contributed by atoms with Crippen molar-refractivity contribution >= 4 is 29.3 Å². The second kappa shape index (κ2) is 14.0. The molecule has 0 bridgehead atoms. The van der Waals surface area contributed by atoms with Gasteiger partial charge in [-0.3, -0.25) is 4.79 Å². The molecule has 7 heteroatoms. The van der Waals surface area contributed by atoms with Gasteiger partial charge in [-0.25, -0.2) is 4.79 Å². The lowest BCUT2D eigenvalue weighted by atomic mass is 10.2. The summed E-state index contributed by atoms with van der Waals surface area (Å²) in [6.45, 7) is 7.52. The van der Waals surface area contributed by atoms with Crippen LogP contribution >= 0.6 is 0 Å². The molecule has 0 atom stereocenters. The Morgan fingerprint density at radius 2 is 1.65 bits per heavy atom. The Kier molecular flexibility index (Phi) is 10.7. The van der Waals surface area contributed by atoms with E-state index in [1.165, 1.54) is 5.56 Å². The number of rotatable bonds is 9. The molecule has 0 spiro atoms. The lowest BCUT2D eigenvalue weighted by Crippen LogP contribution is -2.12. The van der Waals surface area contributed by atoms with Gasteiger partial charge in [0, 0.05) is 23.9 Å². The number of esters is 1. The van der Waals surface area contributed by atoms with Crippen LogP contribution in [0.4, 0.5) is 17.1 Å². The second-order valence-corrected chi connectivity index (χ2v) is 7.29. The highest BCUT2D eigenvalue weighted by Gasteiger charge is 2.02. The smallest absolute Gasteiger partial charge is 0.333 e. The Hall–Kier alpha value is -4.26. The fraction of sp³-hybridized carbons (Fsp3) is 0.185. The van der Waals surface area contributed by atoms with Gasteiger partial charge in [0.1, 0.15) is 25.2 Å². The van der Waals surface area contributed by atoms with Gasteiger partial charge in [-0.15, -0.1) is 0 Å². The van der Waals surface area contributed by atoms with Crippen molar-refractivity contribution in [2.45, 2.75) is 13.8 Å². The van der Waals surface area contributed by atoms with Crippen molar-refractivity contribution in [1.82, 2.24) is 0 Å². The third-order valence-corrected chi connectivity index (χ3v) is 4.39. The first-order valence-corrected chi connectivity index (χ1v) is 10.7. The molecule has 1 N–H and O–H groups in total. The van der Waals surface area contributed by atoms with Crippen LogP contribution in [-0.4, -0.2) is 32.5 Å². The highest BCUT2D eigenvalue weighted by Crippen LogP contribution is 2.20. The van der Waals surface area contributed by atoms with E-state index >= 15 is 0 Å². The molecule has 0 aromatic heterocycles. The summed E-state index contributed by atoms with van der Waals surface area (Å²) in [7, 11) is 1.89. The number of benzene rings is 3. The molecule has 0 aliphatic carbocycles. The van der Waals surface area contributed by atoms with Gasteiger partial charge in [0.2, 0.25) is 0 Å². The third-order valence-electron chi connectivity index (χ3n) is 4.39. The van der Waals surface area contributed by atoms with E-state index in [0.717, 1.165) is 23.3 Å². The van der Waals surface area contributed by atoms with Gasteiger partial charge in [-0.05, 0) is 80.1 Å². The number of nitrogens with zero attached hydrogens (tertiary/aromatic N) is 2. The Labute approximate surface area is 200 Å². The maximum Gasteiger partial charge on any atom is 0.333 e. The number of carbonyl (C=O) groups is 2. The van der Waals surface area contributed by atoms with E-state index in [9.17, 15) is 9.59 Å². The first-order chi connectivity index (χ1) is 16.4. The molecule has 0 aliphatic heterocycles. The minimum Gasteiger partial charge on any atom is -0.490 e. The Morgan fingerprint density at radius 3 is 2.24 bits per heavy atom. The fourth-order valence-corrected chi connectivity index (χ4v) is 2.56. The first kappa shape index (κ1) is 26.0. The van der Waals surface area contributed by atoms with Crippen LogP contribution < -0.4 is 10.1 Å². The van der Waals surface area contributed by atoms with Gasteiger partial charge in [-0.2, -0.15) is 10.2 Å². The van der Waals surface area contributed by atoms with E-state index in [1.807, 2.05) is 62.5 Å². The van der Waals surface area contributed by atoms with Gasteiger partial charge in [-0.1, -0.05) is 18.7 Å². The standard InChI is InChI=1S/C14H15N3.C13H14O4/c1-11-4-3-5-14(10-11)17-16-13-8-6-12(15-2)7-9-13;1-10(2)13(15)17-8-7-16-12-5-3-11(9-14)4-6-12/h3-10,15H,1-2H3;3-6,9H,1,7-8H2,2H3. The highest BCUT2D eigenvalue weighted by molar-refractivity contribution is 5.86. The SMILES string of the molecule is C=C(C)C(=O)OCCOc1ccc(C=O)cc1.CNc1ccc(N=Nc2cccc(C)c2)cc1. The lowest BCUT2D eigenvalue weighted by Gasteiger charge is -2.07. The third kappa shape index (κ3) is 9.48. The molecule has 3 aromatic carbocycles. The number of anilines is 1. The quantitative estimate of drug-likeness (QED) is 0.131. The predicted octanol–water partition coefficient (Wildman–Crippen LogP) is 6.45. The van der Waals surface area contributed by atoms with Crippen molar-refractivity contribution in [2.75, 3.05) is 25.6 Å². The summed E-state index contributed by atoms with van der Waals surface area (Å²) in [5, 5.41) is 11.5. The van der Waals surface area contributed by atoms with E-state index in [-0.39, 0.29) is 13.2 Å². The van der Waals surface area contributed by atoms with Crippen molar-refractivity contribution < 1.29 is 19.1 Å². The number of hydrogen-bond acceptors (Lipinski definition) is 7. The second-order valence-electron chi connectivity index (χ2n) is 7.29. The van der Waals surface area contributed by atoms with Crippen LogP contribution in [0.3, 0.4) is 0 Å². The van der Waals surface area contributed by atoms with Gasteiger partial charge < -0.3 is 14.8 Å². The molecule has 0 aliphatic rings. The Balaban J connectivity index is 0.000000240. The monoisotopic (exact) mass is 459 g/mol. The summed E-state index contributed by atoms with van der Waals surface area (Å²) in [5.74, 6) is 0.201. The van der Waals surface area contributed by atoms with Crippen LogP contribution in [0.5, 0.6) is 5.75 Å². The van der Waals surface area contributed by atoms with E-state index in [2.05, 4.69) is 22.1 Å². The fourth-order valence-electron chi connectivity index (χ4n) is 2.56. The van der Waals surface area contributed by atoms with E-state index < -0.39 is 5.97 Å². The van der Waals surface area contributed by atoms with Gasteiger partial charge >= 0.3 is 5.97 Å². The molecule has 7 nitrogen and oxygen atoms in total. The highest BCUT2D eigenvalue weighted by atomic mass is 16.6. The summed E-state index contributed by atoms with van der Waals surface area (Å²) >= 11 is 0. The van der Waals surface area contributed by atoms with Crippen molar-refractivity contribution in [2.24, 2.45) is 10.2 Å². The molecule has 0 heterocycles. The van der Waals surface area contributed by atoms with Crippen LogP contribution in [0.1, 0.15) is 22.8 Å². The number of nitrogens with one attached hydrogen (secondary N) is 1. The topological polar surface area (TPSA) is 89.3 Å². The van der Waals surface area contributed by atoms with Gasteiger partial charge in [0.05, 0.1) is 11.4 Å². The van der Waals surface area contributed by atoms with Crippen LogP contribution in [0.2, 0.25) is 0 Å². The molecule has 0 radical (unpaired) electrons. The summed E-state index contributed by atoms with van der Waals surface area (Å²) < 4.78 is 10.2. The number of aryl methyl sites for hydroxylation is 1. The molecule has 3 aromatic rings. The maximum atomic E-state index is 11.0. The molecule has 0 fully saturated rings. The van der Waals surface area contributed by atoms with Crippen molar-refractivity contribution in [1.29, 1.82) is 0 Å². The molecule has 3 rings (SSSR count). The number of carbonyl (C=O) groups excluding carboxylic acids is 2. The van der Waals surface area contributed by atoms with Crippen molar-refractivity contribution in [3.63, 3.8) is 0 Å². The molecule has 0 amide bonds. The molecular weight excluding hydrogens is 430 g/mol. The van der Waals surface area contributed by atoms with E-state index in [4.69, 9.17) is 9.47 Å². The first-order valence-electron chi connectivity index (χ1n) is 10.7. The zero-order chi connectivity index (χ0) is 24.8. The minimum atomic E-state index is -0.426. The Bertz CT molecular complexity index is 1110. The summed E-state index contributed by atoms with van der Waals surface area (Å²) in [6.07, 6.45) is 0.762. The molecular formula is C27H29N3O4. The Morgan fingerprint density at radius 1 is 0.971 bits per heavy atom. The van der Waals surface area contributed by atoms with Crippen molar-refractivity contribution in [3.8, 4) is 5.75 Å². The zero-order valence-corrected chi connectivity index (χ0v) is 19.7. The van der Waals surface area contributed by atoms with Crippen molar-refractivity contribution in [3.05, 3.63) is 96.1 Å². The normalized spacial score (nSPS) is 10.1. The number of hydrogen-bond donors (Lipinski definition) is 1. The largest absolute Gasteiger partial charge is 0.490 e. The lowest BCUT2D eigenvalue weighted by molar-refractivity contribution is -0.139. The number of ether oxygens (including phenoxy) is 2. The van der Waals surface area contributed by atoms with Crippen LogP contribution in [0, 0.1) is 6.92 Å². The molecule has 0 unspecified atom stereocenters. The zero-order valence-electron chi connectivity index (χ0n) is 19.7. The predicted molar refractivity (Wildman–Crippen MR) is 134 cm³/mol. The average Bonchev–Trinajstić information content (AvgIpc) is 2.86. The molecule has 0 saturated carbocycles. The van der Waals surface area contributed by atoms with E-state index in [1.54, 1.807) is 31.2 Å². The van der Waals surface area contributed by atoms with Crippen LogP contribution in [-0.2, 0) is 9.53 Å². The number of azo groups is 1. The van der Waals surface area contributed by atoms with Gasteiger partial charge in [0.25, 0.3) is 0 Å². The summed E-state index contributed by atoms with van der Waals surface area (Å²) in [4.78, 5) is 21.4. The summed E-state index contributed by atoms with van der Waals surface area (Å²) in [6, 6.07) is 22.5. The summed E-state index contributed by atoms with van der Waals surface area (Å²) in [5.41, 5.74) is 4.94. The van der Waals surface area contributed by atoms with Crippen LogP contribution in [0.15, 0.2) is 95.2 Å².